The highest BCUT2D eigenvalue weighted by atomic mass is 16.3. The van der Waals surface area contributed by atoms with Crippen molar-refractivity contribution in [2.75, 3.05) is 0 Å². The van der Waals surface area contributed by atoms with E-state index in [1.54, 1.807) is 12.1 Å². The molecule has 0 unspecified atom stereocenters. The monoisotopic (exact) mass is 187 g/mol. The molecule has 1 atom stereocenters. The fourth-order valence-electron chi connectivity index (χ4n) is 1.70. The molecule has 2 aromatic carbocycles. The van der Waals surface area contributed by atoms with Gasteiger partial charge in [0.25, 0.3) is 0 Å². The Balaban J connectivity index is 2.80. The molecule has 0 amide bonds. The van der Waals surface area contributed by atoms with Crippen molar-refractivity contribution in [2.45, 2.75) is 13.0 Å². The van der Waals surface area contributed by atoms with Crippen LogP contribution in [0.15, 0.2) is 36.4 Å². The molecule has 14 heavy (non-hydrogen) atoms. The number of nitrogens with two attached hydrogens (primary N) is 1. The predicted molar refractivity (Wildman–Crippen MR) is 58.2 cm³/mol. The van der Waals surface area contributed by atoms with E-state index in [-0.39, 0.29) is 11.8 Å². The number of rotatable bonds is 1. The van der Waals surface area contributed by atoms with Crippen molar-refractivity contribution in [1.82, 2.24) is 0 Å². The van der Waals surface area contributed by atoms with Gasteiger partial charge in [0.1, 0.15) is 5.75 Å². The largest absolute Gasteiger partial charge is 0.508 e. The van der Waals surface area contributed by atoms with Crippen LogP contribution >= 0.6 is 0 Å². The molecule has 2 aromatic rings. The summed E-state index contributed by atoms with van der Waals surface area (Å²) in [6, 6.07) is 11.3. The predicted octanol–water partition coefficient (Wildman–Crippen LogP) is 2.57. The Morgan fingerprint density at radius 1 is 1.21 bits per heavy atom. The summed E-state index contributed by atoms with van der Waals surface area (Å²) in [5.41, 5.74) is 6.82. The molecule has 0 aliphatic heterocycles. The van der Waals surface area contributed by atoms with E-state index in [0.717, 1.165) is 16.3 Å². The fraction of sp³-hybridized carbons (Fsp3) is 0.167. The Labute approximate surface area is 83.0 Å². The third kappa shape index (κ3) is 1.44. The molecule has 0 aliphatic rings. The number of phenolic OH excluding ortho intramolecular Hbond substituents is 1. The minimum absolute atomic E-state index is 0.0630. The highest BCUT2D eigenvalue weighted by Gasteiger charge is 2.06. The zero-order valence-corrected chi connectivity index (χ0v) is 8.07. The average molecular weight is 187 g/mol. The van der Waals surface area contributed by atoms with Gasteiger partial charge < -0.3 is 10.8 Å². The topological polar surface area (TPSA) is 46.2 Å². The zero-order valence-electron chi connectivity index (χ0n) is 8.07. The summed E-state index contributed by atoms with van der Waals surface area (Å²) in [6.45, 7) is 1.92. The second-order valence-electron chi connectivity index (χ2n) is 3.54. The Kier molecular flexibility index (Phi) is 2.14. The molecule has 0 heterocycles. The van der Waals surface area contributed by atoms with Gasteiger partial charge in [0.05, 0.1) is 0 Å². The van der Waals surface area contributed by atoms with Crippen LogP contribution < -0.4 is 5.73 Å². The Hall–Kier alpha value is -1.54. The third-order valence-electron chi connectivity index (χ3n) is 2.37. The van der Waals surface area contributed by atoms with E-state index in [1.165, 1.54) is 0 Å². The Morgan fingerprint density at radius 2 is 1.93 bits per heavy atom. The first-order valence-corrected chi connectivity index (χ1v) is 4.66. The van der Waals surface area contributed by atoms with Crippen LogP contribution in [-0.2, 0) is 0 Å². The molecule has 0 saturated heterocycles. The van der Waals surface area contributed by atoms with Crippen LogP contribution in [0.3, 0.4) is 0 Å². The first kappa shape index (κ1) is 9.03. The van der Waals surface area contributed by atoms with Gasteiger partial charge >= 0.3 is 0 Å². The van der Waals surface area contributed by atoms with Crippen molar-refractivity contribution in [3.8, 4) is 5.75 Å². The number of phenols is 1. The highest BCUT2D eigenvalue weighted by Crippen LogP contribution is 2.27. The van der Waals surface area contributed by atoms with Gasteiger partial charge in [-0.05, 0) is 35.4 Å². The van der Waals surface area contributed by atoms with Crippen molar-refractivity contribution in [3.05, 3.63) is 42.0 Å². The van der Waals surface area contributed by atoms with Crippen molar-refractivity contribution < 1.29 is 5.11 Å². The van der Waals surface area contributed by atoms with E-state index < -0.39 is 0 Å². The van der Waals surface area contributed by atoms with Crippen LogP contribution in [-0.4, -0.2) is 5.11 Å². The number of aromatic hydroxyl groups is 1. The van der Waals surface area contributed by atoms with Crippen LogP contribution in [0.1, 0.15) is 18.5 Å². The molecule has 0 spiro atoms. The zero-order chi connectivity index (χ0) is 10.1. The number of benzene rings is 2. The van der Waals surface area contributed by atoms with Gasteiger partial charge in [-0.15, -0.1) is 0 Å². The Morgan fingerprint density at radius 3 is 2.64 bits per heavy atom. The maximum absolute atomic E-state index is 9.50. The maximum Gasteiger partial charge on any atom is 0.116 e. The van der Waals surface area contributed by atoms with E-state index in [4.69, 9.17) is 5.73 Å². The van der Waals surface area contributed by atoms with E-state index in [2.05, 4.69) is 0 Å². The van der Waals surface area contributed by atoms with E-state index in [9.17, 15) is 5.11 Å². The quantitative estimate of drug-likeness (QED) is 0.720. The van der Waals surface area contributed by atoms with Crippen molar-refractivity contribution in [2.24, 2.45) is 5.73 Å². The van der Waals surface area contributed by atoms with E-state index >= 15 is 0 Å². The van der Waals surface area contributed by atoms with Gasteiger partial charge in [0.15, 0.2) is 0 Å². The van der Waals surface area contributed by atoms with E-state index in [1.807, 2.05) is 31.2 Å². The van der Waals surface area contributed by atoms with Gasteiger partial charge in [0.2, 0.25) is 0 Å². The first-order chi connectivity index (χ1) is 6.68. The minimum atomic E-state index is -0.0630. The van der Waals surface area contributed by atoms with E-state index in [0.29, 0.717) is 0 Å². The molecule has 3 N–H and O–H groups in total. The van der Waals surface area contributed by atoms with Gasteiger partial charge in [-0.3, -0.25) is 0 Å². The summed E-state index contributed by atoms with van der Waals surface area (Å²) < 4.78 is 0. The lowest BCUT2D eigenvalue weighted by Gasteiger charge is -2.10. The highest BCUT2D eigenvalue weighted by molar-refractivity contribution is 5.87. The van der Waals surface area contributed by atoms with Crippen LogP contribution in [0.4, 0.5) is 0 Å². The summed E-state index contributed by atoms with van der Waals surface area (Å²) in [5, 5.41) is 11.6. The summed E-state index contributed by atoms with van der Waals surface area (Å²) >= 11 is 0. The SMILES string of the molecule is C[C@H](N)c1cc(O)cc2ccccc12. The van der Waals surface area contributed by atoms with Gasteiger partial charge in [0, 0.05) is 6.04 Å². The molecule has 0 saturated carbocycles. The van der Waals surface area contributed by atoms with Crippen LogP contribution in [0, 0.1) is 0 Å². The lowest BCUT2D eigenvalue weighted by Crippen LogP contribution is -2.05. The lowest BCUT2D eigenvalue weighted by molar-refractivity contribution is 0.475. The minimum Gasteiger partial charge on any atom is -0.508 e. The Bertz CT molecular complexity index is 463. The number of hydrogen-bond acceptors (Lipinski definition) is 2. The third-order valence-corrected chi connectivity index (χ3v) is 2.37. The van der Waals surface area contributed by atoms with Gasteiger partial charge in [-0.2, -0.15) is 0 Å². The average Bonchev–Trinajstić information content (AvgIpc) is 2.16. The fourth-order valence-corrected chi connectivity index (χ4v) is 1.70. The molecule has 2 heteroatoms. The van der Waals surface area contributed by atoms with Crippen LogP contribution in [0.5, 0.6) is 5.75 Å². The van der Waals surface area contributed by atoms with Crippen molar-refractivity contribution in [1.29, 1.82) is 0 Å². The first-order valence-electron chi connectivity index (χ1n) is 4.66. The molecule has 0 bridgehead atoms. The summed E-state index contributed by atoms with van der Waals surface area (Å²) in [7, 11) is 0. The molecule has 2 nitrogen and oxygen atoms in total. The summed E-state index contributed by atoms with van der Waals surface area (Å²) in [5.74, 6) is 0.274. The normalized spacial score (nSPS) is 13.0. The van der Waals surface area contributed by atoms with Crippen LogP contribution in [0.2, 0.25) is 0 Å². The molecular formula is C12H13NO. The molecule has 0 aliphatic carbocycles. The smallest absolute Gasteiger partial charge is 0.116 e. The number of fused-ring (bicyclic) bond motifs is 1. The molecule has 0 fully saturated rings. The molecule has 72 valence electrons. The molecular weight excluding hydrogens is 174 g/mol. The maximum atomic E-state index is 9.50. The van der Waals surface area contributed by atoms with Crippen molar-refractivity contribution >= 4 is 10.8 Å². The molecule has 0 aromatic heterocycles. The van der Waals surface area contributed by atoms with Gasteiger partial charge in [-0.1, -0.05) is 24.3 Å². The summed E-state index contributed by atoms with van der Waals surface area (Å²) in [6.07, 6.45) is 0. The second-order valence-corrected chi connectivity index (χ2v) is 3.54. The number of hydrogen-bond donors (Lipinski definition) is 2. The standard InChI is InChI=1S/C12H13NO/c1-8(13)12-7-10(14)6-9-4-2-3-5-11(9)12/h2-8,14H,13H2,1H3/t8-/m0/s1. The lowest BCUT2D eigenvalue weighted by atomic mass is 10.00. The second kappa shape index (κ2) is 3.31. The molecule has 0 radical (unpaired) electrons. The van der Waals surface area contributed by atoms with Crippen molar-refractivity contribution in [3.63, 3.8) is 0 Å². The molecule has 2 rings (SSSR count). The van der Waals surface area contributed by atoms with Crippen LogP contribution in [0.25, 0.3) is 10.8 Å². The summed E-state index contributed by atoms with van der Waals surface area (Å²) in [4.78, 5) is 0. The van der Waals surface area contributed by atoms with Gasteiger partial charge in [-0.25, -0.2) is 0 Å².